The van der Waals surface area contributed by atoms with Gasteiger partial charge in [-0.1, -0.05) is 27.5 Å². The van der Waals surface area contributed by atoms with Crippen LogP contribution in [-0.4, -0.2) is 31.3 Å². The van der Waals surface area contributed by atoms with Gasteiger partial charge >= 0.3 is 15.5 Å². The quantitative estimate of drug-likeness (QED) is 0.446. The molecule has 0 atom stereocenters. The molecule has 0 amide bonds. The van der Waals surface area contributed by atoms with Gasteiger partial charge in [0.1, 0.15) is 0 Å². The van der Waals surface area contributed by atoms with Gasteiger partial charge in [-0.05, 0) is 88.0 Å². The van der Waals surface area contributed by atoms with E-state index in [1.54, 1.807) is 0 Å². The van der Waals surface area contributed by atoms with Crippen molar-refractivity contribution in [1.82, 2.24) is 9.62 Å². The van der Waals surface area contributed by atoms with Crippen molar-refractivity contribution in [1.29, 1.82) is 0 Å². The molecule has 2 aliphatic heterocycles. The molecular formula is C20H18Br2ClF3N2O2S. The number of alkyl halides is 3. The number of piperidine rings is 1. The van der Waals surface area contributed by atoms with Gasteiger partial charge in [0, 0.05) is 39.0 Å². The molecule has 1 fully saturated rings. The third-order valence-electron chi connectivity index (χ3n) is 5.82. The maximum Gasteiger partial charge on any atom is 0.511 e. The lowest BCUT2D eigenvalue weighted by Gasteiger charge is -2.34. The van der Waals surface area contributed by atoms with Crippen molar-refractivity contribution in [3.8, 4) is 0 Å². The number of hydrogen-bond donors (Lipinski definition) is 1. The fourth-order valence-corrected chi connectivity index (χ4v) is 6.88. The van der Waals surface area contributed by atoms with E-state index in [4.69, 9.17) is 11.6 Å². The highest BCUT2D eigenvalue weighted by atomic mass is 79.9. The molecule has 0 radical (unpaired) electrons. The Kier molecular flexibility index (Phi) is 6.42. The number of nitrogens with one attached hydrogen (secondary N) is 1. The number of halogens is 6. The minimum Gasteiger partial charge on any atom is -0.360 e. The van der Waals surface area contributed by atoms with E-state index >= 15 is 0 Å². The van der Waals surface area contributed by atoms with Crippen LogP contribution in [0.4, 0.5) is 13.2 Å². The highest BCUT2D eigenvalue weighted by Crippen LogP contribution is 2.46. The summed E-state index contributed by atoms with van der Waals surface area (Å²) in [4.78, 5) is 0. The maximum absolute atomic E-state index is 13.0. The Morgan fingerprint density at radius 3 is 2.45 bits per heavy atom. The summed E-state index contributed by atoms with van der Waals surface area (Å²) in [7, 11) is -5.32. The van der Waals surface area contributed by atoms with Gasteiger partial charge < -0.3 is 5.32 Å². The second-order valence-corrected chi connectivity index (χ2v) is 11.8. The Labute approximate surface area is 200 Å². The van der Waals surface area contributed by atoms with E-state index in [0.29, 0.717) is 22.2 Å². The molecule has 11 heteroatoms. The van der Waals surface area contributed by atoms with Crippen LogP contribution in [0.5, 0.6) is 0 Å². The van der Waals surface area contributed by atoms with Gasteiger partial charge in [-0.15, -0.1) is 0 Å². The first kappa shape index (κ1) is 23.4. The summed E-state index contributed by atoms with van der Waals surface area (Å²) in [5.41, 5.74) is -0.230. The zero-order valence-electron chi connectivity index (χ0n) is 16.1. The lowest BCUT2D eigenvalue weighted by atomic mass is 9.82. The molecule has 1 aliphatic carbocycles. The van der Waals surface area contributed by atoms with E-state index in [1.807, 2.05) is 24.4 Å². The summed E-state index contributed by atoms with van der Waals surface area (Å²) in [6.07, 6.45) is 5.99. The van der Waals surface area contributed by atoms with E-state index in [2.05, 4.69) is 37.2 Å². The van der Waals surface area contributed by atoms with Crippen molar-refractivity contribution in [3.05, 3.63) is 60.8 Å². The topological polar surface area (TPSA) is 49.4 Å². The average molecular weight is 603 g/mol. The van der Waals surface area contributed by atoms with Crippen LogP contribution in [0.25, 0.3) is 5.57 Å². The van der Waals surface area contributed by atoms with Crippen LogP contribution in [-0.2, 0) is 16.4 Å². The summed E-state index contributed by atoms with van der Waals surface area (Å²) in [6.45, 7) is -0.356. The van der Waals surface area contributed by atoms with Crippen molar-refractivity contribution in [3.63, 3.8) is 0 Å². The number of rotatable bonds is 2. The van der Waals surface area contributed by atoms with E-state index in [0.717, 1.165) is 49.8 Å². The fraction of sp³-hybridized carbons (Fsp3) is 0.400. The van der Waals surface area contributed by atoms with Gasteiger partial charge in [-0.2, -0.15) is 17.5 Å². The Morgan fingerprint density at radius 1 is 1.13 bits per heavy atom. The molecule has 31 heavy (non-hydrogen) atoms. The Hall–Kier alpha value is -0.810. The molecule has 1 N–H and O–H groups in total. The van der Waals surface area contributed by atoms with Crippen molar-refractivity contribution in [2.75, 3.05) is 13.1 Å². The second kappa shape index (κ2) is 8.52. The lowest BCUT2D eigenvalue weighted by molar-refractivity contribution is -0.0495. The van der Waals surface area contributed by atoms with E-state index in [9.17, 15) is 21.6 Å². The van der Waals surface area contributed by atoms with Gasteiger partial charge in [0.2, 0.25) is 0 Å². The second-order valence-electron chi connectivity index (χ2n) is 7.68. The molecule has 3 aliphatic rings. The van der Waals surface area contributed by atoms with E-state index in [1.165, 1.54) is 0 Å². The standard InChI is InChI=1S/C20H18Br2ClF3N2O2S/c21-14-7-13-2-1-12-8-15(23)9-16(22)17(12)18(19(13)27-10-14)11-3-5-28(6-4-11)31(29,30)20(24,25)26/h7-11,27H,1-6H2. The molecule has 2 heterocycles. The number of dihydropyridines is 1. The van der Waals surface area contributed by atoms with Crippen molar-refractivity contribution in [2.45, 2.75) is 31.2 Å². The lowest BCUT2D eigenvalue weighted by Crippen LogP contribution is -2.45. The zero-order chi connectivity index (χ0) is 22.6. The Morgan fingerprint density at radius 2 is 1.81 bits per heavy atom. The van der Waals surface area contributed by atoms with Crippen molar-refractivity contribution >= 4 is 59.1 Å². The summed E-state index contributed by atoms with van der Waals surface area (Å²) in [6, 6.07) is 3.74. The van der Waals surface area contributed by atoms with Crippen LogP contribution >= 0.6 is 43.5 Å². The predicted octanol–water partition coefficient (Wildman–Crippen LogP) is 6.09. The number of hydrogen-bond acceptors (Lipinski definition) is 3. The molecule has 0 aromatic heterocycles. The van der Waals surface area contributed by atoms with Crippen LogP contribution in [0.1, 0.15) is 30.4 Å². The van der Waals surface area contributed by atoms with Gasteiger partial charge in [-0.3, -0.25) is 0 Å². The summed E-state index contributed by atoms with van der Waals surface area (Å²) >= 11 is 13.4. The van der Waals surface area contributed by atoms with Gasteiger partial charge in [-0.25, -0.2) is 8.42 Å². The first-order valence-electron chi connectivity index (χ1n) is 9.61. The number of fused-ring (bicyclic) bond motifs is 2. The van der Waals surface area contributed by atoms with Gasteiger partial charge in [0.15, 0.2) is 0 Å². The van der Waals surface area contributed by atoms with Crippen LogP contribution < -0.4 is 5.32 Å². The molecule has 1 aromatic carbocycles. The molecule has 168 valence electrons. The van der Waals surface area contributed by atoms with Crippen LogP contribution in [0, 0.1) is 5.92 Å². The summed E-state index contributed by atoms with van der Waals surface area (Å²) in [5.74, 6) is -0.106. The molecule has 4 rings (SSSR count). The number of allylic oxidation sites excluding steroid dienone is 4. The minimum absolute atomic E-state index is 0.106. The molecular weight excluding hydrogens is 585 g/mol. The monoisotopic (exact) mass is 600 g/mol. The molecule has 1 aromatic rings. The molecule has 0 spiro atoms. The first-order valence-corrected chi connectivity index (χ1v) is 13.0. The maximum atomic E-state index is 13.0. The largest absolute Gasteiger partial charge is 0.511 e. The summed E-state index contributed by atoms with van der Waals surface area (Å²) < 4.78 is 64.9. The van der Waals surface area contributed by atoms with E-state index < -0.39 is 15.5 Å². The van der Waals surface area contributed by atoms with Crippen LogP contribution in [0.15, 0.2) is 44.6 Å². The average Bonchev–Trinajstić information content (AvgIpc) is 2.84. The number of benzene rings is 1. The molecule has 4 nitrogen and oxygen atoms in total. The number of nitrogens with zero attached hydrogens (tertiary/aromatic N) is 1. The fourth-order valence-electron chi connectivity index (χ4n) is 4.42. The van der Waals surface area contributed by atoms with Gasteiger partial charge in [0.05, 0.1) is 0 Å². The number of sulfonamides is 1. The highest BCUT2D eigenvalue weighted by Gasteiger charge is 2.50. The van der Waals surface area contributed by atoms with Crippen molar-refractivity contribution in [2.24, 2.45) is 5.92 Å². The van der Waals surface area contributed by atoms with Crippen molar-refractivity contribution < 1.29 is 21.6 Å². The molecule has 0 unspecified atom stereocenters. The summed E-state index contributed by atoms with van der Waals surface area (Å²) in [5, 5.41) is 3.95. The first-order chi connectivity index (χ1) is 14.5. The molecule has 1 saturated heterocycles. The normalized spacial score (nSPS) is 21.0. The third-order valence-corrected chi connectivity index (χ3v) is 8.75. The van der Waals surface area contributed by atoms with Gasteiger partial charge in [0.25, 0.3) is 0 Å². The molecule has 0 bridgehead atoms. The van der Waals surface area contributed by atoms with E-state index in [-0.39, 0.29) is 19.0 Å². The molecule has 0 saturated carbocycles. The number of aryl methyl sites for hydroxylation is 1. The Bertz CT molecular complexity index is 1120. The minimum atomic E-state index is -5.32. The Balaban J connectivity index is 1.75. The van der Waals surface area contributed by atoms with Crippen LogP contribution in [0.2, 0.25) is 5.02 Å². The third kappa shape index (κ3) is 4.38. The SMILES string of the molecule is O=S(=O)(N1CCC(C2=C3NC=C(Br)C=C3CCc3cc(Cl)cc(Br)c32)CC1)C(F)(F)F. The van der Waals surface area contributed by atoms with Crippen LogP contribution in [0.3, 0.4) is 0 Å². The smallest absolute Gasteiger partial charge is 0.360 e. The predicted molar refractivity (Wildman–Crippen MR) is 122 cm³/mol. The zero-order valence-corrected chi connectivity index (χ0v) is 20.8. The highest BCUT2D eigenvalue weighted by molar-refractivity contribution is 9.12.